The summed E-state index contributed by atoms with van der Waals surface area (Å²) in [5.74, 6) is -0.621. The molecule has 0 aliphatic heterocycles. The molecule has 0 saturated heterocycles. The van der Waals surface area contributed by atoms with Gasteiger partial charge < -0.3 is 5.73 Å². The lowest BCUT2D eigenvalue weighted by molar-refractivity contribution is 0.580. The summed E-state index contributed by atoms with van der Waals surface area (Å²) in [6, 6.07) is 2.25. The summed E-state index contributed by atoms with van der Waals surface area (Å²) in [5, 5.41) is 2.68. The summed E-state index contributed by atoms with van der Waals surface area (Å²) in [5.41, 5.74) is 5.55. The quantitative estimate of drug-likeness (QED) is 0.822. The first-order chi connectivity index (χ1) is 9.40. The molecule has 0 spiro atoms. The largest absolute Gasteiger partial charge is 0.396 e. The summed E-state index contributed by atoms with van der Waals surface area (Å²) >= 11 is 1.46. The molecular weight excluding hydrogens is 301 g/mol. The standard InChI is InChI=1S/C12H14FN3O2S2/c1-8-6-9(13)10(14)7-11(8)20(17,18)16-3-2-12-15-4-5-19-12/h4-7,16H,2-3,14H2,1H3. The number of hydrogen-bond donors (Lipinski definition) is 2. The number of halogens is 1. The van der Waals surface area contributed by atoms with Gasteiger partial charge in [0.25, 0.3) is 0 Å². The Morgan fingerprint density at radius 2 is 2.20 bits per heavy atom. The third-order valence-electron chi connectivity index (χ3n) is 2.70. The highest BCUT2D eigenvalue weighted by Crippen LogP contribution is 2.21. The third-order valence-corrected chi connectivity index (χ3v) is 5.14. The molecule has 0 unspecified atom stereocenters. The first-order valence-corrected chi connectivity index (χ1v) is 8.20. The normalized spacial score (nSPS) is 11.7. The summed E-state index contributed by atoms with van der Waals surface area (Å²) in [6.07, 6.45) is 2.17. The molecule has 3 N–H and O–H groups in total. The number of benzene rings is 1. The Hall–Kier alpha value is -1.51. The van der Waals surface area contributed by atoms with Crippen molar-refractivity contribution in [2.24, 2.45) is 0 Å². The molecule has 0 atom stereocenters. The lowest BCUT2D eigenvalue weighted by Crippen LogP contribution is -2.26. The second kappa shape index (κ2) is 5.86. The van der Waals surface area contributed by atoms with Gasteiger partial charge in [-0.15, -0.1) is 11.3 Å². The number of aromatic nitrogens is 1. The van der Waals surface area contributed by atoms with E-state index < -0.39 is 15.8 Å². The number of thiazole rings is 1. The first-order valence-electron chi connectivity index (χ1n) is 5.84. The van der Waals surface area contributed by atoms with Gasteiger partial charge in [0.15, 0.2) is 0 Å². The van der Waals surface area contributed by atoms with Crippen LogP contribution in [0.1, 0.15) is 10.6 Å². The zero-order chi connectivity index (χ0) is 14.8. The van der Waals surface area contributed by atoms with Gasteiger partial charge in [-0.2, -0.15) is 0 Å². The molecule has 1 heterocycles. The Kier molecular flexibility index (Phi) is 4.36. The van der Waals surface area contributed by atoms with E-state index in [-0.39, 0.29) is 17.1 Å². The van der Waals surface area contributed by atoms with Crippen molar-refractivity contribution in [3.63, 3.8) is 0 Å². The number of nitrogens with two attached hydrogens (primary N) is 1. The molecule has 1 aromatic carbocycles. The number of nitrogen functional groups attached to an aromatic ring is 1. The van der Waals surface area contributed by atoms with Crippen molar-refractivity contribution in [3.8, 4) is 0 Å². The van der Waals surface area contributed by atoms with Crippen molar-refractivity contribution in [1.29, 1.82) is 0 Å². The monoisotopic (exact) mass is 315 g/mol. The van der Waals surface area contributed by atoms with E-state index in [9.17, 15) is 12.8 Å². The first kappa shape index (κ1) is 14.9. The van der Waals surface area contributed by atoms with Gasteiger partial charge in [0.2, 0.25) is 10.0 Å². The fourth-order valence-corrected chi connectivity index (χ4v) is 3.62. The Labute approximate surface area is 120 Å². The maximum Gasteiger partial charge on any atom is 0.240 e. The van der Waals surface area contributed by atoms with Crippen LogP contribution in [0.5, 0.6) is 0 Å². The SMILES string of the molecule is Cc1cc(F)c(N)cc1S(=O)(=O)NCCc1nccs1. The minimum absolute atomic E-state index is 0.00413. The Morgan fingerprint density at radius 3 is 2.85 bits per heavy atom. The van der Waals surface area contributed by atoms with Crippen molar-refractivity contribution in [2.45, 2.75) is 18.2 Å². The van der Waals surface area contributed by atoms with E-state index in [1.54, 1.807) is 6.20 Å². The van der Waals surface area contributed by atoms with Crippen LogP contribution in [-0.2, 0) is 16.4 Å². The molecule has 0 saturated carbocycles. The van der Waals surface area contributed by atoms with Crippen LogP contribution in [0.4, 0.5) is 10.1 Å². The molecule has 0 amide bonds. The molecule has 0 bridgehead atoms. The van der Waals surface area contributed by atoms with Gasteiger partial charge in [-0.05, 0) is 24.6 Å². The van der Waals surface area contributed by atoms with Crippen molar-refractivity contribution < 1.29 is 12.8 Å². The number of sulfonamides is 1. The smallest absolute Gasteiger partial charge is 0.240 e. The van der Waals surface area contributed by atoms with Crippen molar-refractivity contribution >= 4 is 27.0 Å². The molecule has 2 aromatic rings. The topological polar surface area (TPSA) is 85.1 Å². The van der Waals surface area contributed by atoms with Gasteiger partial charge >= 0.3 is 0 Å². The number of aryl methyl sites for hydroxylation is 1. The molecule has 108 valence electrons. The van der Waals surface area contributed by atoms with Crippen LogP contribution in [0.15, 0.2) is 28.6 Å². The van der Waals surface area contributed by atoms with Gasteiger partial charge in [-0.3, -0.25) is 0 Å². The molecule has 1 aromatic heterocycles. The van der Waals surface area contributed by atoms with E-state index in [1.807, 2.05) is 5.38 Å². The van der Waals surface area contributed by atoms with Gasteiger partial charge in [-0.25, -0.2) is 22.5 Å². The third kappa shape index (κ3) is 3.33. The highest BCUT2D eigenvalue weighted by Gasteiger charge is 2.18. The van der Waals surface area contributed by atoms with Crippen molar-refractivity contribution in [3.05, 3.63) is 40.1 Å². The van der Waals surface area contributed by atoms with Crippen LogP contribution in [0.3, 0.4) is 0 Å². The summed E-state index contributed by atoms with van der Waals surface area (Å²) in [4.78, 5) is 4.06. The molecule has 0 aliphatic carbocycles. The molecule has 0 aliphatic rings. The number of anilines is 1. The maximum atomic E-state index is 13.2. The second-order valence-electron chi connectivity index (χ2n) is 4.21. The predicted molar refractivity (Wildman–Crippen MR) is 76.6 cm³/mol. The molecule has 0 fully saturated rings. The Morgan fingerprint density at radius 1 is 1.45 bits per heavy atom. The number of nitrogens with zero attached hydrogens (tertiary/aromatic N) is 1. The minimum atomic E-state index is -3.70. The Balaban J connectivity index is 2.12. The average molecular weight is 315 g/mol. The van der Waals surface area contributed by atoms with Gasteiger partial charge in [-0.1, -0.05) is 0 Å². The summed E-state index contributed by atoms with van der Waals surface area (Å²) in [6.45, 7) is 1.75. The molecule has 5 nitrogen and oxygen atoms in total. The summed E-state index contributed by atoms with van der Waals surface area (Å²) in [7, 11) is -3.70. The summed E-state index contributed by atoms with van der Waals surface area (Å²) < 4.78 is 40.0. The van der Waals surface area contributed by atoms with Crippen LogP contribution < -0.4 is 10.5 Å². The van der Waals surface area contributed by atoms with E-state index in [0.29, 0.717) is 12.0 Å². The van der Waals surface area contributed by atoms with Gasteiger partial charge in [0.1, 0.15) is 5.82 Å². The minimum Gasteiger partial charge on any atom is -0.396 e. The van der Waals surface area contributed by atoms with Crippen LogP contribution >= 0.6 is 11.3 Å². The molecule has 0 radical (unpaired) electrons. The molecule has 8 heteroatoms. The van der Waals surface area contributed by atoms with Crippen molar-refractivity contribution in [2.75, 3.05) is 12.3 Å². The van der Waals surface area contributed by atoms with E-state index >= 15 is 0 Å². The lowest BCUT2D eigenvalue weighted by atomic mass is 10.2. The predicted octanol–water partition coefficient (Wildman–Crippen LogP) is 1.69. The number of nitrogens with one attached hydrogen (secondary N) is 1. The maximum absolute atomic E-state index is 13.2. The fraction of sp³-hybridized carbons (Fsp3) is 0.250. The van der Waals surface area contributed by atoms with Crippen LogP contribution in [0, 0.1) is 12.7 Å². The van der Waals surface area contributed by atoms with Crippen LogP contribution in [-0.4, -0.2) is 19.9 Å². The highest BCUT2D eigenvalue weighted by atomic mass is 32.2. The van der Waals surface area contributed by atoms with E-state index in [4.69, 9.17) is 5.73 Å². The van der Waals surface area contributed by atoms with Gasteiger partial charge in [0, 0.05) is 24.5 Å². The van der Waals surface area contributed by atoms with E-state index in [1.165, 1.54) is 18.3 Å². The van der Waals surface area contributed by atoms with Crippen molar-refractivity contribution in [1.82, 2.24) is 9.71 Å². The molecular formula is C12H14FN3O2S2. The Bertz CT molecular complexity index is 700. The van der Waals surface area contributed by atoms with E-state index in [2.05, 4.69) is 9.71 Å². The van der Waals surface area contributed by atoms with Gasteiger partial charge in [0.05, 0.1) is 15.6 Å². The molecule has 2 rings (SSSR count). The van der Waals surface area contributed by atoms with E-state index in [0.717, 1.165) is 17.1 Å². The number of hydrogen-bond acceptors (Lipinski definition) is 5. The van der Waals surface area contributed by atoms with Crippen LogP contribution in [0.2, 0.25) is 0 Å². The second-order valence-corrected chi connectivity index (χ2v) is 6.93. The fourth-order valence-electron chi connectivity index (χ4n) is 1.70. The highest BCUT2D eigenvalue weighted by molar-refractivity contribution is 7.89. The average Bonchev–Trinajstić information content (AvgIpc) is 2.86. The number of rotatable bonds is 5. The zero-order valence-corrected chi connectivity index (χ0v) is 12.4. The zero-order valence-electron chi connectivity index (χ0n) is 10.8. The van der Waals surface area contributed by atoms with Crippen LogP contribution in [0.25, 0.3) is 0 Å². The molecule has 20 heavy (non-hydrogen) atoms. The lowest BCUT2D eigenvalue weighted by Gasteiger charge is -2.10.